The maximum absolute atomic E-state index is 13.2. The van der Waals surface area contributed by atoms with Gasteiger partial charge < -0.3 is 14.3 Å². The van der Waals surface area contributed by atoms with Gasteiger partial charge in [0.25, 0.3) is 5.56 Å². The fourth-order valence-corrected chi connectivity index (χ4v) is 4.49. The third-order valence-corrected chi connectivity index (χ3v) is 5.85. The van der Waals surface area contributed by atoms with Crippen LogP contribution in [0.15, 0.2) is 29.1 Å². The number of aryl methyl sites for hydroxylation is 1. The Morgan fingerprint density at radius 3 is 2.70 bits per heavy atom. The lowest BCUT2D eigenvalue weighted by Gasteiger charge is -2.21. The van der Waals surface area contributed by atoms with Gasteiger partial charge in [0, 0.05) is 12.4 Å². The Morgan fingerprint density at radius 1 is 1.22 bits per heavy atom. The van der Waals surface area contributed by atoms with Crippen molar-refractivity contribution in [3.8, 4) is 0 Å². The molecule has 5 heteroatoms. The molecule has 0 spiro atoms. The number of hydrogen-bond acceptors (Lipinski definition) is 3. The Morgan fingerprint density at radius 2 is 1.96 bits per heavy atom. The van der Waals surface area contributed by atoms with Gasteiger partial charge >= 0.3 is 5.97 Å². The summed E-state index contributed by atoms with van der Waals surface area (Å²) >= 11 is 0. The molecule has 0 saturated heterocycles. The Hall–Kier alpha value is -2.56. The number of fused-ring (bicyclic) bond motifs is 3. The van der Waals surface area contributed by atoms with Crippen LogP contribution in [-0.2, 0) is 18.2 Å². The highest BCUT2D eigenvalue weighted by Crippen LogP contribution is 2.33. The summed E-state index contributed by atoms with van der Waals surface area (Å²) in [5.74, 6) is 0.146. The van der Waals surface area contributed by atoms with Crippen LogP contribution in [0.3, 0.4) is 0 Å². The molecule has 0 radical (unpaired) electrons. The van der Waals surface area contributed by atoms with Crippen LogP contribution in [0.5, 0.6) is 0 Å². The quantitative estimate of drug-likeness (QED) is 0.700. The molecule has 1 aromatic carbocycles. The summed E-state index contributed by atoms with van der Waals surface area (Å²) in [4.78, 5) is 29.1. The number of carbonyl (C=O) groups excluding carboxylic acids is 1. The maximum Gasteiger partial charge on any atom is 0.355 e. The van der Waals surface area contributed by atoms with E-state index in [1.165, 1.54) is 19.3 Å². The van der Waals surface area contributed by atoms with Crippen LogP contribution in [-0.4, -0.2) is 22.1 Å². The number of aromatic amines is 1. The van der Waals surface area contributed by atoms with Crippen LogP contribution in [0.4, 0.5) is 0 Å². The standard InChI is InChI=1S/C22H26N2O3/c1-3-27-22(26)20-16(13-14-9-5-4-6-10-14)18-19(23-20)15-11-7-8-12-17(15)24(2)21(18)25/h7-8,11-12,14,23H,3-6,9-10,13H2,1-2H3. The molecule has 1 aliphatic carbocycles. The Balaban J connectivity index is 1.98. The zero-order chi connectivity index (χ0) is 19.0. The number of ether oxygens (including phenoxy) is 1. The molecule has 0 amide bonds. The molecule has 1 N–H and O–H groups in total. The van der Waals surface area contributed by atoms with Crippen molar-refractivity contribution in [3.05, 3.63) is 45.9 Å². The molecule has 1 aliphatic rings. The first kappa shape index (κ1) is 17.8. The Labute approximate surface area is 158 Å². The van der Waals surface area contributed by atoms with Gasteiger partial charge in [0.05, 0.1) is 23.0 Å². The number of rotatable bonds is 4. The second-order valence-electron chi connectivity index (χ2n) is 7.54. The van der Waals surface area contributed by atoms with E-state index in [4.69, 9.17) is 4.74 Å². The third-order valence-electron chi connectivity index (χ3n) is 5.85. The number of nitrogens with zero attached hydrogens (tertiary/aromatic N) is 1. The molecular weight excluding hydrogens is 340 g/mol. The minimum absolute atomic E-state index is 0.0543. The number of para-hydroxylation sites is 1. The fraction of sp³-hybridized carbons (Fsp3) is 0.455. The van der Waals surface area contributed by atoms with Crippen LogP contribution in [0, 0.1) is 5.92 Å². The van der Waals surface area contributed by atoms with Crippen molar-refractivity contribution in [2.75, 3.05) is 6.61 Å². The van der Waals surface area contributed by atoms with Crippen molar-refractivity contribution in [2.45, 2.75) is 45.4 Å². The monoisotopic (exact) mass is 366 g/mol. The van der Waals surface area contributed by atoms with Gasteiger partial charge in [-0.05, 0) is 30.9 Å². The molecule has 2 aromatic heterocycles. The van der Waals surface area contributed by atoms with Gasteiger partial charge in [0.1, 0.15) is 5.69 Å². The van der Waals surface area contributed by atoms with Crippen LogP contribution in [0.25, 0.3) is 21.8 Å². The van der Waals surface area contributed by atoms with Crippen molar-refractivity contribution in [1.29, 1.82) is 0 Å². The molecule has 0 bridgehead atoms. The number of hydrogen-bond donors (Lipinski definition) is 1. The van der Waals surface area contributed by atoms with Crippen molar-refractivity contribution in [2.24, 2.45) is 13.0 Å². The Kier molecular flexibility index (Phi) is 4.77. The summed E-state index contributed by atoms with van der Waals surface area (Å²) in [6, 6.07) is 7.80. The first-order valence-electron chi connectivity index (χ1n) is 9.91. The summed E-state index contributed by atoms with van der Waals surface area (Å²) < 4.78 is 6.98. The molecule has 1 fully saturated rings. The van der Waals surface area contributed by atoms with Crippen LogP contribution in [0.2, 0.25) is 0 Å². The molecule has 0 aliphatic heterocycles. The minimum atomic E-state index is -0.370. The normalized spacial score (nSPS) is 15.5. The smallest absolute Gasteiger partial charge is 0.355 e. The van der Waals surface area contributed by atoms with Gasteiger partial charge in [-0.25, -0.2) is 4.79 Å². The van der Waals surface area contributed by atoms with Gasteiger partial charge in [-0.3, -0.25) is 4.79 Å². The van der Waals surface area contributed by atoms with Crippen molar-refractivity contribution in [1.82, 2.24) is 9.55 Å². The number of pyridine rings is 1. The van der Waals surface area contributed by atoms with Crippen LogP contribution < -0.4 is 5.56 Å². The van der Waals surface area contributed by atoms with Gasteiger partial charge in [-0.15, -0.1) is 0 Å². The van der Waals surface area contributed by atoms with E-state index < -0.39 is 0 Å². The highest BCUT2D eigenvalue weighted by molar-refractivity contribution is 6.08. The second kappa shape index (κ2) is 7.22. The van der Waals surface area contributed by atoms with Crippen molar-refractivity contribution < 1.29 is 9.53 Å². The predicted octanol–water partition coefficient (Wildman–Crippen LogP) is 4.32. The van der Waals surface area contributed by atoms with Gasteiger partial charge in [-0.2, -0.15) is 0 Å². The SMILES string of the molecule is CCOC(=O)c1[nH]c2c(c1CC1CCCCC1)c(=O)n(C)c1ccccc21. The molecule has 142 valence electrons. The van der Waals surface area contributed by atoms with Crippen LogP contribution >= 0.6 is 0 Å². The lowest BCUT2D eigenvalue weighted by atomic mass is 9.84. The summed E-state index contributed by atoms with van der Waals surface area (Å²) in [5.41, 5.74) is 2.84. The maximum atomic E-state index is 13.2. The predicted molar refractivity (Wildman–Crippen MR) is 107 cm³/mol. The number of esters is 1. The summed E-state index contributed by atoms with van der Waals surface area (Å²) in [6.07, 6.45) is 6.79. The molecule has 2 heterocycles. The second-order valence-corrected chi connectivity index (χ2v) is 7.54. The summed E-state index contributed by atoms with van der Waals surface area (Å²) in [5, 5.41) is 1.60. The molecule has 1 saturated carbocycles. The van der Waals surface area contributed by atoms with E-state index in [1.54, 1.807) is 18.5 Å². The van der Waals surface area contributed by atoms with E-state index in [0.717, 1.165) is 41.2 Å². The molecular formula is C22H26N2O3. The van der Waals surface area contributed by atoms with Crippen molar-refractivity contribution >= 4 is 27.8 Å². The fourth-order valence-electron chi connectivity index (χ4n) is 4.49. The lowest BCUT2D eigenvalue weighted by molar-refractivity contribution is 0.0519. The molecule has 27 heavy (non-hydrogen) atoms. The first-order valence-corrected chi connectivity index (χ1v) is 9.91. The zero-order valence-corrected chi connectivity index (χ0v) is 16.0. The number of aromatic nitrogens is 2. The molecule has 0 unspecified atom stereocenters. The zero-order valence-electron chi connectivity index (χ0n) is 16.0. The van der Waals surface area contributed by atoms with Gasteiger partial charge in [0.2, 0.25) is 0 Å². The molecule has 0 atom stereocenters. The highest BCUT2D eigenvalue weighted by atomic mass is 16.5. The minimum Gasteiger partial charge on any atom is -0.461 e. The van der Waals surface area contributed by atoms with E-state index in [9.17, 15) is 9.59 Å². The summed E-state index contributed by atoms with van der Waals surface area (Å²) in [6.45, 7) is 2.12. The molecule has 5 nitrogen and oxygen atoms in total. The topological polar surface area (TPSA) is 64.1 Å². The molecule has 3 aromatic rings. The van der Waals surface area contributed by atoms with Gasteiger partial charge in [0.15, 0.2) is 0 Å². The third kappa shape index (κ3) is 3.05. The lowest BCUT2D eigenvalue weighted by Crippen LogP contribution is -2.19. The van der Waals surface area contributed by atoms with Crippen molar-refractivity contribution in [3.63, 3.8) is 0 Å². The highest BCUT2D eigenvalue weighted by Gasteiger charge is 2.26. The van der Waals surface area contributed by atoms with E-state index in [0.29, 0.717) is 23.6 Å². The first-order chi connectivity index (χ1) is 13.1. The number of nitrogens with one attached hydrogen (secondary N) is 1. The van der Waals surface area contributed by atoms with E-state index >= 15 is 0 Å². The van der Waals surface area contributed by atoms with E-state index in [2.05, 4.69) is 4.98 Å². The van der Waals surface area contributed by atoms with Gasteiger partial charge in [-0.1, -0.05) is 50.3 Å². The number of H-pyrrole nitrogens is 1. The Bertz CT molecular complexity index is 1050. The molecule has 4 rings (SSSR count). The van der Waals surface area contributed by atoms with E-state index in [1.807, 2.05) is 24.3 Å². The largest absolute Gasteiger partial charge is 0.461 e. The average Bonchev–Trinajstić information content (AvgIpc) is 3.07. The number of benzene rings is 1. The summed E-state index contributed by atoms with van der Waals surface area (Å²) in [7, 11) is 1.80. The number of carbonyl (C=O) groups is 1. The van der Waals surface area contributed by atoms with Crippen LogP contribution in [0.1, 0.15) is 55.1 Å². The van der Waals surface area contributed by atoms with E-state index in [-0.39, 0.29) is 11.5 Å². The average molecular weight is 366 g/mol.